The number of rotatable bonds is 6. The third-order valence-electron chi connectivity index (χ3n) is 2.71. The van der Waals surface area contributed by atoms with Crippen molar-refractivity contribution in [1.82, 2.24) is 0 Å². The molecular weight excluding hydrogens is 216 g/mol. The zero-order valence-corrected chi connectivity index (χ0v) is 10.6. The fraction of sp³-hybridized carbons (Fsp3) is 0.429. The molecule has 2 heteroatoms. The Balaban J connectivity index is 1.86. The van der Waals surface area contributed by atoms with Crippen LogP contribution in [0.4, 0.5) is 0 Å². The van der Waals surface area contributed by atoms with Crippen molar-refractivity contribution in [2.45, 2.75) is 26.2 Å². The highest BCUT2D eigenvalue weighted by Gasteiger charge is 2.07. The summed E-state index contributed by atoms with van der Waals surface area (Å²) in [5.41, 5.74) is 4.24. The molecule has 0 radical (unpaired) electrons. The lowest BCUT2D eigenvalue weighted by Crippen LogP contribution is -1.97. The first-order chi connectivity index (χ1) is 7.92. The van der Waals surface area contributed by atoms with Crippen LogP contribution in [0.5, 0.6) is 0 Å². The second kappa shape index (κ2) is 6.02. The van der Waals surface area contributed by atoms with Gasteiger partial charge in [-0.3, -0.25) is 0 Å². The first kappa shape index (κ1) is 11.6. The van der Waals surface area contributed by atoms with Crippen LogP contribution in [0.25, 0.3) is 11.1 Å². The van der Waals surface area contributed by atoms with E-state index in [4.69, 9.17) is 4.74 Å². The van der Waals surface area contributed by atoms with Crippen molar-refractivity contribution in [2.75, 3.05) is 13.2 Å². The Kier molecular flexibility index (Phi) is 4.37. The summed E-state index contributed by atoms with van der Waals surface area (Å²) in [6.07, 6.45) is 3.36. The van der Waals surface area contributed by atoms with Crippen molar-refractivity contribution >= 4 is 11.3 Å². The van der Waals surface area contributed by atoms with E-state index in [1.54, 1.807) is 11.3 Å². The van der Waals surface area contributed by atoms with Gasteiger partial charge in [-0.25, -0.2) is 0 Å². The highest BCUT2D eigenvalue weighted by Crippen LogP contribution is 2.29. The number of fused-ring (bicyclic) bond motifs is 1. The van der Waals surface area contributed by atoms with E-state index in [0.717, 1.165) is 32.5 Å². The zero-order chi connectivity index (χ0) is 11.2. The average Bonchev–Trinajstić information content (AvgIpc) is 2.73. The van der Waals surface area contributed by atoms with Crippen molar-refractivity contribution in [2.24, 2.45) is 0 Å². The summed E-state index contributed by atoms with van der Waals surface area (Å²) in [7, 11) is 0. The normalized spacial score (nSPS) is 11.1. The molecule has 1 nitrogen and oxygen atoms in total. The SMILES string of the molecule is CCCOCCCc1ccc2csccc1-2. The van der Waals surface area contributed by atoms with Gasteiger partial charge >= 0.3 is 0 Å². The molecule has 86 valence electrons. The van der Waals surface area contributed by atoms with Gasteiger partial charge in [0.1, 0.15) is 0 Å². The molecule has 16 heavy (non-hydrogen) atoms. The monoisotopic (exact) mass is 234 g/mol. The van der Waals surface area contributed by atoms with E-state index in [-0.39, 0.29) is 0 Å². The van der Waals surface area contributed by atoms with Crippen LogP contribution in [-0.4, -0.2) is 13.2 Å². The van der Waals surface area contributed by atoms with E-state index < -0.39 is 0 Å². The van der Waals surface area contributed by atoms with E-state index in [1.807, 2.05) is 0 Å². The largest absolute Gasteiger partial charge is 0.381 e. The van der Waals surface area contributed by atoms with Crippen LogP contribution in [0.15, 0.2) is 29.0 Å². The molecule has 0 N–H and O–H groups in total. The topological polar surface area (TPSA) is 9.23 Å². The molecule has 0 aromatic heterocycles. The molecule has 2 aliphatic rings. The molecule has 1 aliphatic heterocycles. The maximum atomic E-state index is 5.50. The Morgan fingerprint density at radius 2 is 2.12 bits per heavy atom. The first-order valence-corrected chi connectivity index (χ1v) is 6.87. The predicted octanol–water partition coefficient (Wildman–Crippen LogP) is 4.21. The number of hydrogen-bond acceptors (Lipinski definition) is 2. The van der Waals surface area contributed by atoms with Gasteiger partial charge in [-0.15, -0.1) is 0 Å². The first-order valence-electron chi connectivity index (χ1n) is 5.93. The van der Waals surface area contributed by atoms with E-state index in [0.29, 0.717) is 0 Å². The summed E-state index contributed by atoms with van der Waals surface area (Å²) in [5, 5.41) is 4.37. The quantitative estimate of drug-likeness (QED) is 0.680. The standard InChI is InChI=1S/C14H18OS/c1-2-8-15-9-3-4-12-5-6-13-11-16-10-7-14(12)13/h5-7,10-11H,2-4,8-9H2,1H3. The second-order valence-electron chi connectivity index (χ2n) is 4.00. The zero-order valence-electron chi connectivity index (χ0n) is 9.74. The van der Waals surface area contributed by atoms with Crippen LogP contribution in [0, 0.1) is 0 Å². The van der Waals surface area contributed by atoms with Crippen molar-refractivity contribution < 1.29 is 4.74 Å². The Hall–Kier alpha value is -0.860. The Labute approximate surface area is 101 Å². The number of ether oxygens (including phenoxy) is 1. The van der Waals surface area contributed by atoms with Gasteiger partial charge in [0.05, 0.1) is 0 Å². The molecule has 2 rings (SSSR count). The summed E-state index contributed by atoms with van der Waals surface area (Å²) in [5.74, 6) is 0. The minimum absolute atomic E-state index is 0.885. The molecule has 0 saturated carbocycles. The van der Waals surface area contributed by atoms with E-state index in [2.05, 4.69) is 35.9 Å². The summed E-state index contributed by atoms with van der Waals surface area (Å²) < 4.78 is 5.50. The molecule has 1 aliphatic carbocycles. The molecule has 0 saturated heterocycles. The van der Waals surface area contributed by atoms with Gasteiger partial charge in [0, 0.05) is 13.2 Å². The van der Waals surface area contributed by atoms with Gasteiger partial charge in [0.25, 0.3) is 0 Å². The molecule has 0 atom stereocenters. The Morgan fingerprint density at radius 3 is 3.00 bits per heavy atom. The summed E-state index contributed by atoms with van der Waals surface area (Å²) in [6.45, 7) is 3.92. The number of aryl methyl sites for hydroxylation is 1. The van der Waals surface area contributed by atoms with Gasteiger partial charge in [0.15, 0.2) is 0 Å². The van der Waals surface area contributed by atoms with Gasteiger partial charge in [-0.1, -0.05) is 19.1 Å². The lowest BCUT2D eigenvalue weighted by molar-refractivity contribution is 0.132. The van der Waals surface area contributed by atoms with Crippen molar-refractivity contribution in [3.63, 3.8) is 0 Å². The van der Waals surface area contributed by atoms with Crippen LogP contribution < -0.4 is 0 Å². The average molecular weight is 234 g/mol. The predicted molar refractivity (Wildman–Crippen MR) is 70.4 cm³/mol. The van der Waals surface area contributed by atoms with Gasteiger partial charge in [0.2, 0.25) is 0 Å². The lowest BCUT2D eigenvalue weighted by Gasteiger charge is -2.04. The third-order valence-corrected chi connectivity index (χ3v) is 3.40. The van der Waals surface area contributed by atoms with Crippen LogP contribution in [-0.2, 0) is 11.2 Å². The fourth-order valence-electron chi connectivity index (χ4n) is 1.91. The van der Waals surface area contributed by atoms with Crippen molar-refractivity contribution in [1.29, 1.82) is 0 Å². The molecule has 0 unspecified atom stereocenters. The summed E-state index contributed by atoms with van der Waals surface area (Å²) in [6, 6.07) is 6.69. The second-order valence-corrected chi connectivity index (χ2v) is 4.78. The van der Waals surface area contributed by atoms with Crippen LogP contribution in [0.1, 0.15) is 25.3 Å². The molecule has 0 aromatic rings. The van der Waals surface area contributed by atoms with Crippen molar-refractivity contribution in [3.8, 4) is 11.1 Å². The molecule has 0 amide bonds. The minimum atomic E-state index is 0.885. The highest BCUT2D eigenvalue weighted by molar-refractivity contribution is 7.07. The maximum absolute atomic E-state index is 5.50. The van der Waals surface area contributed by atoms with Crippen LogP contribution in [0.2, 0.25) is 0 Å². The van der Waals surface area contributed by atoms with Gasteiger partial charge < -0.3 is 4.74 Å². The van der Waals surface area contributed by atoms with Crippen molar-refractivity contribution in [3.05, 3.63) is 34.5 Å². The van der Waals surface area contributed by atoms with E-state index >= 15 is 0 Å². The highest BCUT2D eigenvalue weighted by atomic mass is 32.1. The molecule has 0 fully saturated rings. The van der Waals surface area contributed by atoms with Crippen LogP contribution in [0.3, 0.4) is 0 Å². The van der Waals surface area contributed by atoms with Gasteiger partial charge in [-0.2, -0.15) is 11.3 Å². The summed E-state index contributed by atoms with van der Waals surface area (Å²) >= 11 is 1.76. The molecular formula is C14H18OS. The minimum Gasteiger partial charge on any atom is -0.381 e. The van der Waals surface area contributed by atoms with Gasteiger partial charge in [-0.05, 0) is 52.8 Å². The Morgan fingerprint density at radius 1 is 1.19 bits per heavy atom. The molecule has 0 aromatic carbocycles. The maximum Gasteiger partial charge on any atom is 0.0469 e. The molecule has 1 heterocycles. The van der Waals surface area contributed by atoms with E-state index in [9.17, 15) is 0 Å². The summed E-state index contributed by atoms with van der Waals surface area (Å²) in [4.78, 5) is 0. The number of hydrogen-bond donors (Lipinski definition) is 0. The fourth-order valence-corrected chi connectivity index (χ4v) is 2.56. The van der Waals surface area contributed by atoms with E-state index in [1.165, 1.54) is 16.7 Å². The van der Waals surface area contributed by atoms with Crippen LogP contribution >= 0.6 is 11.3 Å². The molecule has 0 spiro atoms. The smallest absolute Gasteiger partial charge is 0.0469 e. The third kappa shape index (κ3) is 2.83. The Bertz CT molecular complexity index is 394. The molecule has 0 bridgehead atoms. The lowest BCUT2D eigenvalue weighted by atomic mass is 10.1.